The molecule has 6 nitrogen and oxygen atoms in total. The standard InChI is InChI=1S/C18H26N2O4/c1-19(13-18(22)23)15-7-5-10-20(11-9-15)17(21)12-14-6-3-4-8-16(14)24-2/h3-4,6,8,15H,5,7,9-13H2,1-2H3,(H,22,23). The number of rotatable bonds is 6. The number of carboxylic acid groups (broad SMARTS) is 1. The Bertz CT molecular complexity index is 576. The van der Waals surface area contributed by atoms with Crippen molar-refractivity contribution in [1.29, 1.82) is 0 Å². The summed E-state index contributed by atoms with van der Waals surface area (Å²) in [6.45, 7) is 1.44. The molecule has 0 spiro atoms. The Labute approximate surface area is 143 Å². The Hall–Kier alpha value is -2.08. The number of benzene rings is 1. The van der Waals surface area contributed by atoms with E-state index in [1.165, 1.54) is 0 Å². The van der Waals surface area contributed by atoms with E-state index in [1.807, 2.05) is 41.1 Å². The van der Waals surface area contributed by atoms with Crippen molar-refractivity contribution in [3.8, 4) is 5.75 Å². The van der Waals surface area contributed by atoms with E-state index in [0.717, 1.165) is 37.1 Å². The molecule has 0 saturated carbocycles. The average Bonchev–Trinajstić information content (AvgIpc) is 2.81. The first-order valence-corrected chi connectivity index (χ1v) is 8.33. The zero-order valence-electron chi connectivity index (χ0n) is 14.4. The summed E-state index contributed by atoms with van der Waals surface area (Å²) < 4.78 is 5.31. The molecule has 1 saturated heterocycles. The van der Waals surface area contributed by atoms with Crippen LogP contribution >= 0.6 is 0 Å². The predicted molar refractivity (Wildman–Crippen MR) is 91.2 cm³/mol. The smallest absolute Gasteiger partial charge is 0.317 e. The van der Waals surface area contributed by atoms with Crippen LogP contribution in [0.5, 0.6) is 5.75 Å². The van der Waals surface area contributed by atoms with Crippen molar-refractivity contribution in [2.45, 2.75) is 31.7 Å². The number of hydrogen-bond donors (Lipinski definition) is 1. The summed E-state index contributed by atoms with van der Waals surface area (Å²) in [5.41, 5.74) is 0.897. The molecule has 2 rings (SSSR count). The van der Waals surface area contributed by atoms with E-state index in [1.54, 1.807) is 7.11 Å². The van der Waals surface area contributed by atoms with Crippen LogP contribution in [0.2, 0.25) is 0 Å². The van der Waals surface area contributed by atoms with Crippen LogP contribution in [-0.2, 0) is 16.0 Å². The van der Waals surface area contributed by atoms with Gasteiger partial charge >= 0.3 is 5.97 Å². The van der Waals surface area contributed by atoms with Gasteiger partial charge < -0.3 is 14.7 Å². The molecule has 24 heavy (non-hydrogen) atoms. The number of nitrogens with zero attached hydrogens (tertiary/aromatic N) is 2. The van der Waals surface area contributed by atoms with E-state index >= 15 is 0 Å². The van der Waals surface area contributed by atoms with Crippen LogP contribution < -0.4 is 4.74 Å². The predicted octanol–water partition coefficient (Wildman–Crippen LogP) is 1.64. The molecule has 1 aliphatic rings. The fourth-order valence-electron chi connectivity index (χ4n) is 3.24. The van der Waals surface area contributed by atoms with Crippen molar-refractivity contribution in [3.63, 3.8) is 0 Å². The quantitative estimate of drug-likeness (QED) is 0.856. The van der Waals surface area contributed by atoms with E-state index in [2.05, 4.69) is 0 Å². The first-order valence-electron chi connectivity index (χ1n) is 8.33. The maximum absolute atomic E-state index is 12.6. The molecule has 1 aromatic carbocycles. The lowest BCUT2D eigenvalue weighted by Crippen LogP contribution is -2.37. The summed E-state index contributed by atoms with van der Waals surface area (Å²) in [6.07, 6.45) is 2.95. The second-order valence-corrected chi connectivity index (χ2v) is 6.26. The largest absolute Gasteiger partial charge is 0.496 e. The third-order valence-electron chi connectivity index (χ3n) is 4.59. The number of methoxy groups -OCH3 is 1. The van der Waals surface area contributed by atoms with Crippen LogP contribution in [0.1, 0.15) is 24.8 Å². The molecule has 1 heterocycles. The first kappa shape index (κ1) is 18.3. The summed E-state index contributed by atoms with van der Waals surface area (Å²) >= 11 is 0. The molecule has 1 N–H and O–H groups in total. The minimum absolute atomic E-state index is 0.0415. The molecule has 132 valence electrons. The van der Waals surface area contributed by atoms with Gasteiger partial charge in [0, 0.05) is 24.7 Å². The van der Waals surface area contributed by atoms with Crippen LogP contribution in [0, 0.1) is 0 Å². The number of likely N-dealkylation sites (tertiary alicyclic amines) is 1. The number of carbonyl (C=O) groups is 2. The van der Waals surface area contributed by atoms with Gasteiger partial charge in [-0.1, -0.05) is 18.2 Å². The van der Waals surface area contributed by atoms with Gasteiger partial charge in [-0.25, -0.2) is 0 Å². The fourth-order valence-corrected chi connectivity index (χ4v) is 3.24. The minimum atomic E-state index is -0.814. The van der Waals surface area contributed by atoms with Gasteiger partial charge in [0.1, 0.15) is 5.75 Å². The van der Waals surface area contributed by atoms with E-state index in [9.17, 15) is 9.59 Å². The van der Waals surface area contributed by atoms with Gasteiger partial charge in [0.05, 0.1) is 20.1 Å². The Balaban J connectivity index is 1.93. The molecule has 1 fully saturated rings. The molecule has 1 aliphatic heterocycles. The maximum Gasteiger partial charge on any atom is 0.317 e. The molecule has 0 aliphatic carbocycles. The first-order chi connectivity index (χ1) is 11.5. The van der Waals surface area contributed by atoms with Crippen LogP contribution in [-0.4, -0.2) is 66.6 Å². The van der Waals surface area contributed by atoms with E-state index in [-0.39, 0.29) is 18.5 Å². The van der Waals surface area contributed by atoms with Crippen LogP contribution in [0.15, 0.2) is 24.3 Å². The molecule has 0 aromatic heterocycles. The van der Waals surface area contributed by atoms with Gasteiger partial charge in [-0.15, -0.1) is 0 Å². The number of hydrogen-bond acceptors (Lipinski definition) is 4. The van der Waals surface area contributed by atoms with Crippen molar-refractivity contribution < 1.29 is 19.4 Å². The number of carbonyl (C=O) groups excluding carboxylic acids is 1. The zero-order valence-corrected chi connectivity index (χ0v) is 14.4. The van der Waals surface area contributed by atoms with E-state index in [4.69, 9.17) is 9.84 Å². The van der Waals surface area contributed by atoms with Crippen molar-refractivity contribution in [3.05, 3.63) is 29.8 Å². The highest BCUT2D eigenvalue weighted by Crippen LogP contribution is 2.20. The van der Waals surface area contributed by atoms with Crippen LogP contribution in [0.25, 0.3) is 0 Å². The number of likely N-dealkylation sites (N-methyl/N-ethyl adjacent to an activating group) is 1. The molecule has 6 heteroatoms. The Morgan fingerprint density at radius 1 is 1.29 bits per heavy atom. The molecule has 1 atom stereocenters. The third-order valence-corrected chi connectivity index (χ3v) is 4.59. The highest BCUT2D eigenvalue weighted by Gasteiger charge is 2.24. The average molecular weight is 334 g/mol. The molecular formula is C18H26N2O4. The van der Waals surface area contributed by atoms with Gasteiger partial charge in [-0.05, 0) is 32.4 Å². The van der Waals surface area contributed by atoms with Crippen molar-refractivity contribution in [1.82, 2.24) is 9.80 Å². The van der Waals surface area contributed by atoms with Crippen molar-refractivity contribution in [2.24, 2.45) is 0 Å². The fraction of sp³-hybridized carbons (Fsp3) is 0.556. The van der Waals surface area contributed by atoms with Gasteiger partial charge in [0.25, 0.3) is 0 Å². The lowest BCUT2D eigenvalue weighted by Gasteiger charge is -2.25. The van der Waals surface area contributed by atoms with Crippen molar-refractivity contribution >= 4 is 11.9 Å². The summed E-state index contributed by atoms with van der Waals surface area (Å²) in [4.78, 5) is 27.2. The molecule has 1 aromatic rings. The number of aliphatic carboxylic acids is 1. The lowest BCUT2D eigenvalue weighted by molar-refractivity contribution is -0.138. The van der Waals surface area contributed by atoms with Gasteiger partial charge in [0.2, 0.25) is 5.91 Å². The highest BCUT2D eigenvalue weighted by atomic mass is 16.5. The molecule has 0 bridgehead atoms. The summed E-state index contributed by atoms with van der Waals surface area (Å²) in [6, 6.07) is 7.79. The van der Waals surface area contributed by atoms with E-state index < -0.39 is 5.97 Å². The SMILES string of the molecule is COc1ccccc1CC(=O)N1CCCC(N(C)CC(=O)O)CC1. The number of amides is 1. The summed E-state index contributed by atoms with van der Waals surface area (Å²) in [7, 11) is 3.45. The maximum atomic E-state index is 12.6. The second kappa shape index (κ2) is 8.68. The number of carboxylic acids is 1. The van der Waals surface area contributed by atoms with E-state index in [0.29, 0.717) is 13.0 Å². The molecule has 1 amide bonds. The van der Waals surface area contributed by atoms with Crippen LogP contribution in [0.4, 0.5) is 0 Å². The number of para-hydroxylation sites is 1. The Morgan fingerprint density at radius 2 is 2.04 bits per heavy atom. The third kappa shape index (κ3) is 4.96. The van der Waals surface area contributed by atoms with Crippen molar-refractivity contribution in [2.75, 3.05) is 33.8 Å². The van der Waals surface area contributed by atoms with Gasteiger partial charge in [-0.2, -0.15) is 0 Å². The zero-order chi connectivity index (χ0) is 17.5. The minimum Gasteiger partial charge on any atom is -0.496 e. The number of ether oxygens (including phenoxy) is 1. The lowest BCUT2D eigenvalue weighted by atomic mass is 10.1. The summed E-state index contributed by atoms with van der Waals surface area (Å²) in [5.74, 6) is 0.0200. The molecule has 0 radical (unpaired) electrons. The topological polar surface area (TPSA) is 70.1 Å². The monoisotopic (exact) mass is 334 g/mol. The molecular weight excluding hydrogens is 308 g/mol. The van der Waals surface area contributed by atoms with Crippen LogP contribution in [0.3, 0.4) is 0 Å². The normalized spacial score (nSPS) is 18.3. The molecule has 1 unspecified atom stereocenters. The van der Waals surface area contributed by atoms with Gasteiger partial charge in [0.15, 0.2) is 0 Å². The second-order valence-electron chi connectivity index (χ2n) is 6.26. The Morgan fingerprint density at radius 3 is 2.75 bits per heavy atom. The Kier molecular flexibility index (Phi) is 6.61. The van der Waals surface area contributed by atoms with Gasteiger partial charge in [-0.3, -0.25) is 14.5 Å². The summed E-state index contributed by atoms with van der Waals surface area (Å²) in [5, 5.41) is 8.92. The highest BCUT2D eigenvalue weighted by molar-refractivity contribution is 5.79.